The van der Waals surface area contributed by atoms with Gasteiger partial charge in [0, 0.05) is 21.6 Å². The van der Waals surface area contributed by atoms with Crippen molar-refractivity contribution in [3.8, 4) is 45.3 Å². The standard InChI is InChI=1S/C31H28O7S.C4H6O/c1-17(2)29(32)36-25-13-10-22(15-27(25)38-31(34)19(5)6)23-11-8-21(16-28(23)39)20-9-12-24(35-7)26(14-20)37-30(33)18(3)4;1-4(2)3-5/h8-16,39H,1,3,5H2,2,4,6-7H3;3H,1H2,2H3. The molecule has 3 aromatic rings. The summed E-state index contributed by atoms with van der Waals surface area (Å²) in [7, 11) is 1.49. The lowest BCUT2D eigenvalue weighted by atomic mass is 9.99. The number of methoxy groups -OCH3 is 1. The summed E-state index contributed by atoms with van der Waals surface area (Å²) in [4.78, 5) is 46.4. The smallest absolute Gasteiger partial charge is 0.338 e. The van der Waals surface area contributed by atoms with E-state index >= 15 is 0 Å². The molecule has 0 aliphatic carbocycles. The van der Waals surface area contributed by atoms with Crippen LogP contribution < -0.4 is 18.9 Å². The zero-order valence-electron chi connectivity index (χ0n) is 25.3. The number of carbonyl (C=O) groups is 4. The number of hydrogen-bond donors (Lipinski definition) is 1. The molecule has 8 nitrogen and oxygen atoms in total. The van der Waals surface area contributed by atoms with Gasteiger partial charge in [0.25, 0.3) is 0 Å². The average Bonchev–Trinajstić information content (AvgIpc) is 2.97. The lowest BCUT2D eigenvalue weighted by Gasteiger charge is -2.14. The molecule has 0 atom stereocenters. The fourth-order valence-electron chi connectivity index (χ4n) is 3.29. The molecule has 0 heterocycles. The summed E-state index contributed by atoms with van der Waals surface area (Å²) >= 11 is 4.68. The average molecular weight is 615 g/mol. The second-order valence-corrected chi connectivity index (χ2v) is 10.2. The highest BCUT2D eigenvalue weighted by Crippen LogP contribution is 2.39. The zero-order chi connectivity index (χ0) is 33.1. The van der Waals surface area contributed by atoms with Crippen LogP contribution in [0.1, 0.15) is 27.7 Å². The number of esters is 3. The fourth-order valence-corrected chi connectivity index (χ4v) is 3.63. The third kappa shape index (κ3) is 9.71. The minimum absolute atomic E-state index is 0.0473. The molecule has 0 aromatic heterocycles. The third-order valence-electron chi connectivity index (χ3n) is 5.60. The maximum Gasteiger partial charge on any atom is 0.338 e. The minimum atomic E-state index is -0.663. The van der Waals surface area contributed by atoms with Gasteiger partial charge in [-0.05, 0) is 85.9 Å². The molecule has 0 spiro atoms. The number of carbonyl (C=O) groups excluding carboxylic acids is 4. The first-order valence-electron chi connectivity index (χ1n) is 13.1. The van der Waals surface area contributed by atoms with Crippen LogP contribution in [0.5, 0.6) is 23.0 Å². The van der Waals surface area contributed by atoms with Gasteiger partial charge in [-0.1, -0.05) is 50.6 Å². The number of ether oxygens (including phenoxy) is 4. The van der Waals surface area contributed by atoms with Crippen LogP contribution in [0.25, 0.3) is 22.3 Å². The van der Waals surface area contributed by atoms with E-state index in [9.17, 15) is 19.2 Å². The third-order valence-corrected chi connectivity index (χ3v) is 5.97. The molecule has 0 saturated heterocycles. The first-order chi connectivity index (χ1) is 20.7. The molecule has 0 bridgehead atoms. The molecule has 9 heteroatoms. The Kier molecular flexibility index (Phi) is 12.7. The van der Waals surface area contributed by atoms with E-state index in [-0.39, 0.29) is 34.0 Å². The van der Waals surface area contributed by atoms with Crippen LogP contribution in [0.3, 0.4) is 0 Å². The first kappa shape index (κ1) is 35.0. The van der Waals surface area contributed by atoms with Crippen molar-refractivity contribution in [2.45, 2.75) is 32.6 Å². The Hall–Kier alpha value is -5.15. The van der Waals surface area contributed by atoms with Crippen molar-refractivity contribution in [1.82, 2.24) is 0 Å². The largest absolute Gasteiger partial charge is 0.493 e. The summed E-state index contributed by atoms with van der Waals surface area (Å²) in [5, 5.41) is 0. The Labute approximate surface area is 262 Å². The molecular formula is C35H34O8S. The second kappa shape index (κ2) is 15.9. The van der Waals surface area contributed by atoms with E-state index in [0.717, 1.165) is 23.0 Å². The molecule has 0 aliphatic heterocycles. The number of aldehydes is 1. The summed E-state index contributed by atoms with van der Waals surface area (Å²) in [6.45, 7) is 20.3. The van der Waals surface area contributed by atoms with Gasteiger partial charge in [0.1, 0.15) is 6.29 Å². The summed E-state index contributed by atoms with van der Waals surface area (Å²) in [5.74, 6) is -1.10. The quantitative estimate of drug-likeness (QED) is 0.0822. The molecule has 0 aliphatic rings. The van der Waals surface area contributed by atoms with Crippen LogP contribution in [0.2, 0.25) is 0 Å². The maximum atomic E-state index is 12.2. The summed E-state index contributed by atoms with van der Waals surface area (Å²) in [6.07, 6.45) is 0.722. The van der Waals surface area contributed by atoms with Gasteiger partial charge in [0.05, 0.1) is 7.11 Å². The fraction of sp³-hybridized carbons (Fsp3) is 0.143. The summed E-state index contributed by atoms with van der Waals surface area (Å²) in [6, 6.07) is 15.6. The van der Waals surface area contributed by atoms with E-state index in [0.29, 0.717) is 21.8 Å². The highest BCUT2D eigenvalue weighted by Gasteiger charge is 2.18. The van der Waals surface area contributed by atoms with Crippen LogP contribution in [-0.2, 0) is 19.2 Å². The van der Waals surface area contributed by atoms with Crippen LogP contribution in [0.15, 0.2) is 108 Å². The minimum Gasteiger partial charge on any atom is -0.493 e. The molecule has 44 heavy (non-hydrogen) atoms. The van der Waals surface area contributed by atoms with E-state index < -0.39 is 17.9 Å². The Morgan fingerprint density at radius 2 is 1.00 bits per heavy atom. The van der Waals surface area contributed by atoms with E-state index in [4.69, 9.17) is 18.9 Å². The summed E-state index contributed by atoms with van der Waals surface area (Å²) in [5.41, 5.74) is 4.18. The predicted octanol–water partition coefficient (Wildman–Crippen LogP) is 7.52. The molecule has 228 valence electrons. The van der Waals surface area contributed by atoms with E-state index in [2.05, 4.69) is 38.9 Å². The monoisotopic (exact) mass is 614 g/mol. The highest BCUT2D eigenvalue weighted by atomic mass is 32.1. The van der Waals surface area contributed by atoms with Gasteiger partial charge in [-0.2, -0.15) is 0 Å². The van der Waals surface area contributed by atoms with Crippen molar-refractivity contribution >= 4 is 36.8 Å². The summed E-state index contributed by atoms with van der Waals surface area (Å²) < 4.78 is 21.5. The Morgan fingerprint density at radius 3 is 1.45 bits per heavy atom. The van der Waals surface area contributed by atoms with Gasteiger partial charge in [-0.3, -0.25) is 4.79 Å². The topological polar surface area (TPSA) is 105 Å². The molecule has 0 unspecified atom stereocenters. The van der Waals surface area contributed by atoms with Crippen molar-refractivity contribution in [3.05, 3.63) is 103 Å². The van der Waals surface area contributed by atoms with E-state index in [1.807, 2.05) is 24.3 Å². The molecule has 0 radical (unpaired) electrons. The van der Waals surface area contributed by atoms with Crippen molar-refractivity contribution in [2.75, 3.05) is 7.11 Å². The van der Waals surface area contributed by atoms with E-state index in [1.54, 1.807) is 38.1 Å². The number of allylic oxidation sites excluding steroid dienone is 1. The van der Waals surface area contributed by atoms with Crippen LogP contribution in [0, 0.1) is 0 Å². The Morgan fingerprint density at radius 1 is 0.614 bits per heavy atom. The van der Waals surface area contributed by atoms with Crippen LogP contribution in [0.4, 0.5) is 0 Å². The first-order valence-corrected chi connectivity index (χ1v) is 13.5. The van der Waals surface area contributed by atoms with E-state index in [1.165, 1.54) is 27.0 Å². The molecule has 0 N–H and O–H groups in total. The van der Waals surface area contributed by atoms with Gasteiger partial charge in [-0.25, -0.2) is 14.4 Å². The molecule has 0 fully saturated rings. The van der Waals surface area contributed by atoms with Crippen molar-refractivity contribution in [2.24, 2.45) is 0 Å². The highest BCUT2D eigenvalue weighted by molar-refractivity contribution is 7.80. The van der Waals surface area contributed by atoms with Crippen molar-refractivity contribution < 1.29 is 38.1 Å². The Bertz CT molecular complexity index is 1670. The van der Waals surface area contributed by atoms with Gasteiger partial charge in [-0.15, -0.1) is 12.6 Å². The van der Waals surface area contributed by atoms with Gasteiger partial charge in [0.15, 0.2) is 23.0 Å². The van der Waals surface area contributed by atoms with Crippen molar-refractivity contribution in [3.63, 3.8) is 0 Å². The predicted molar refractivity (Wildman–Crippen MR) is 173 cm³/mol. The lowest BCUT2D eigenvalue weighted by molar-refractivity contribution is -0.132. The Balaban J connectivity index is 0.00000125. The van der Waals surface area contributed by atoms with Crippen molar-refractivity contribution in [1.29, 1.82) is 0 Å². The lowest BCUT2D eigenvalue weighted by Crippen LogP contribution is -2.12. The normalized spacial score (nSPS) is 9.86. The van der Waals surface area contributed by atoms with Gasteiger partial charge in [0.2, 0.25) is 0 Å². The maximum absolute atomic E-state index is 12.2. The second-order valence-electron chi connectivity index (χ2n) is 9.73. The van der Waals surface area contributed by atoms with Crippen LogP contribution in [-0.4, -0.2) is 31.3 Å². The number of benzene rings is 3. The zero-order valence-corrected chi connectivity index (χ0v) is 26.2. The van der Waals surface area contributed by atoms with Gasteiger partial charge < -0.3 is 18.9 Å². The number of thiol groups is 1. The SMILES string of the molecule is C=C(C)C(=O)Oc1cc(-c2ccc(-c3ccc(OC(=O)C(=C)C)c(OC(=O)C(=C)C)c3)c(S)c2)ccc1OC.C=C(C)C=O. The van der Waals surface area contributed by atoms with Crippen LogP contribution >= 0.6 is 12.6 Å². The molecule has 0 saturated carbocycles. The number of rotatable bonds is 10. The molecule has 3 rings (SSSR count). The molecule has 0 amide bonds. The molecule has 3 aromatic carbocycles. The molecular weight excluding hydrogens is 580 g/mol. The number of hydrogen-bond acceptors (Lipinski definition) is 9. The van der Waals surface area contributed by atoms with Gasteiger partial charge >= 0.3 is 17.9 Å².